The van der Waals surface area contributed by atoms with Gasteiger partial charge in [0.1, 0.15) is 0 Å². The second-order valence-corrected chi connectivity index (χ2v) is 7.21. The molecular formula is C23H21NO6. The fraction of sp³-hybridized carbons (Fsp3) is 0.261. The molecule has 2 aliphatic heterocycles. The lowest BCUT2D eigenvalue weighted by Gasteiger charge is -2.29. The van der Waals surface area contributed by atoms with E-state index >= 15 is 0 Å². The normalized spacial score (nSPS) is 17.5. The van der Waals surface area contributed by atoms with Gasteiger partial charge in [-0.25, -0.2) is 0 Å². The van der Waals surface area contributed by atoms with Crippen molar-refractivity contribution in [3.8, 4) is 11.5 Å². The molecule has 2 aliphatic rings. The minimum Gasteiger partial charge on any atom is -0.493 e. The van der Waals surface area contributed by atoms with Crippen LogP contribution in [0, 0.1) is 5.92 Å². The summed E-state index contributed by atoms with van der Waals surface area (Å²) in [6, 6.07) is 12.2. The number of aliphatic carboxylic acids is 1. The number of hydrogen-bond acceptors (Lipinski definition) is 5. The lowest BCUT2D eigenvalue weighted by Crippen LogP contribution is -2.34. The molecule has 0 spiro atoms. The third-order valence-electron chi connectivity index (χ3n) is 5.57. The molecule has 1 atom stereocenters. The Morgan fingerprint density at radius 3 is 2.40 bits per heavy atom. The van der Waals surface area contributed by atoms with Crippen molar-refractivity contribution in [2.75, 3.05) is 20.8 Å². The third kappa shape index (κ3) is 3.12. The van der Waals surface area contributed by atoms with E-state index in [2.05, 4.69) is 0 Å². The first-order chi connectivity index (χ1) is 14.5. The van der Waals surface area contributed by atoms with Crippen molar-refractivity contribution in [3.63, 3.8) is 0 Å². The number of methoxy groups -OCH3 is 2. The summed E-state index contributed by atoms with van der Waals surface area (Å²) in [4.78, 5) is 39.6. The summed E-state index contributed by atoms with van der Waals surface area (Å²) in [5, 5.41) is 9.40. The van der Waals surface area contributed by atoms with Crippen LogP contribution in [-0.2, 0) is 16.0 Å². The Kier molecular flexibility index (Phi) is 5.03. The number of ketones is 1. The van der Waals surface area contributed by atoms with E-state index < -0.39 is 18.3 Å². The lowest BCUT2D eigenvalue weighted by molar-refractivity contribution is -0.141. The third-order valence-corrected chi connectivity index (χ3v) is 5.57. The van der Waals surface area contributed by atoms with Crippen molar-refractivity contribution < 1.29 is 29.0 Å². The van der Waals surface area contributed by atoms with Gasteiger partial charge in [0.15, 0.2) is 17.3 Å². The van der Waals surface area contributed by atoms with Crippen molar-refractivity contribution >= 4 is 23.4 Å². The summed E-state index contributed by atoms with van der Waals surface area (Å²) in [5.74, 6) is -1.80. The van der Waals surface area contributed by atoms with Crippen LogP contribution in [0.1, 0.15) is 27.9 Å². The largest absolute Gasteiger partial charge is 0.493 e. The Labute approximate surface area is 173 Å². The molecule has 154 valence electrons. The Morgan fingerprint density at radius 2 is 1.77 bits per heavy atom. The van der Waals surface area contributed by atoms with E-state index in [0.29, 0.717) is 41.3 Å². The second-order valence-electron chi connectivity index (χ2n) is 7.21. The van der Waals surface area contributed by atoms with Crippen LogP contribution in [-0.4, -0.2) is 48.4 Å². The maximum Gasteiger partial charge on any atom is 0.304 e. The molecule has 7 heteroatoms. The highest BCUT2D eigenvalue weighted by Gasteiger charge is 2.46. The molecule has 1 N–H and O–H groups in total. The van der Waals surface area contributed by atoms with Crippen LogP contribution in [0.25, 0.3) is 5.70 Å². The minimum absolute atomic E-state index is 0.224. The number of benzene rings is 2. The van der Waals surface area contributed by atoms with E-state index in [1.54, 1.807) is 43.5 Å². The van der Waals surface area contributed by atoms with Crippen molar-refractivity contribution in [3.05, 3.63) is 64.7 Å². The molecule has 1 unspecified atom stereocenters. The molecule has 0 aliphatic carbocycles. The maximum atomic E-state index is 13.4. The molecule has 1 amide bonds. The predicted molar refractivity (Wildman–Crippen MR) is 108 cm³/mol. The topological polar surface area (TPSA) is 93.1 Å². The van der Waals surface area contributed by atoms with Crippen molar-refractivity contribution in [1.82, 2.24) is 4.90 Å². The smallest absolute Gasteiger partial charge is 0.304 e. The van der Waals surface area contributed by atoms with Gasteiger partial charge in [-0.05, 0) is 24.1 Å². The van der Waals surface area contributed by atoms with Crippen LogP contribution >= 0.6 is 0 Å². The van der Waals surface area contributed by atoms with E-state index in [4.69, 9.17) is 9.47 Å². The van der Waals surface area contributed by atoms with Crippen molar-refractivity contribution in [1.29, 1.82) is 0 Å². The van der Waals surface area contributed by atoms with Gasteiger partial charge in [-0.3, -0.25) is 14.4 Å². The first-order valence-corrected chi connectivity index (χ1v) is 9.58. The number of Topliss-reactive ketones (excluding diaryl/α,β-unsaturated/α-hetero) is 1. The number of rotatable bonds is 6. The van der Waals surface area contributed by atoms with E-state index in [-0.39, 0.29) is 17.3 Å². The molecule has 2 aromatic rings. The number of carbonyl (C=O) groups is 3. The average Bonchev–Trinajstić information content (AvgIpc) is 3.04. The minimum atomic E-state index is -1.13. The maximum absolute atomic E-state index is 13.4. The summed E-state index contributed by atoms with van der Waals surface area (Å²) in [6.45, 7) is 0.373. The Bertz CT molecular complexity index is 1070. The Balaban J connectivity index is 1.96. The number of carboxylic acids is 1. The molecule has 7 nitrogen and oxygen atoms in total. The quantitative estimate of drug-likeness (QED) is 0.741. The fourth-order valence-electron chi connectivity index (χ4n) is 4.20. The number of hydrogen-bond donors (Lipinski definition) is 1. The molecule has 2 aromatic carbocycles. The molecule has 0 saturated carbocycles. The van der Waals surface area contributed by atoms with E-state index in [9.17, 15) is 19.5 Å². The molecule has 4 rings (SSSR count). The number of nitrogens with zero attached hydrogens (tertiary/aromatic N) is 1. The lowest BCUT2D eigenvalue weighted by atomic mass is 9.87. The fourth-order valence-corrected chi connectivity index (χ4v) is 4.20. The van der Waals surface area contributed by atoms with E-state index in [1.165, 1.54) is 12.0 Å². The summed E-state index contributed by atoms with van der Waals surface area (Å²) in [6.07, 6.45) is 0.132. The zero-order chi connectivity index (χ0) is 21.4. The van der Waals surface area contributed by atoms with Crippen LogP contribution in [0.2, 0.25) is 0 Å². The zero-order valence-corrected chi connectivity index (χ0v) is 16.7. The van der Waals surface area contributed by atoms with Crippen LogP contribution in [0.4, 0.5) is 0 Å². The summed E-state index contributed by atoms with van der Waals surface area (Å²) in [7, 11) is 3.06. The highest BCUT2D eigenvalue weighted by molar-refractivity contribution is 6.20. The molecule has 0 bridgehead atoms. The van der Waals surface area contributed by atoms with Gasteiger partial charge in [0.2, 0.25) is 5.91 Å². The van der Waals surface area contributed by atoms with Crippen molar-refractivity contribution in [2.45, 2.75) is 12.8 Å². The number of amides is 1. The van der Waals surface area contributed by atoms with Crippen LogP contribution in [0.5, 0.6) is 11.5 Å². The molecule has 0 saturated heterocycles. The average molecular weight is 407 g/mol. The van der Waals surface area contributed by atoms with Crippen LogP contribution < -0.4 is 9.47 Å². The second kappa shape index (κ2) is 7.67. The van der Waals surface area contributed by atoms with Crippen molar-refractivity contribution in [2.24, 2.45) is 5.92 Å². The standard InChI is InChI=1S/C23H21NO6/c1-29-17-10-14-8-9-24-21(15(14)11-18(17)30-2)20(16(23(24)28)12-19(25)26)22(27)13-6-4-3-5-7-13/h3-7,10-11,16H,8-9,12H2,1-2H3,(H,25,26). The monoisotopic (exact) mass is 407 g/mol. The Morgan fingerprint density at radius 1 is 1.10 bits per heavy atom. The number of carbonyl (C=O) groups excluding carboxylic acids is 2. The van der Waals surface area contributed by atoms with Gasteiger partial charge in [-0.15, -0.1) is 0 Å². The number of fused-ring (bicyclic) bond motifs is 3. The van der Waals surface area contributed by atoms with E-state index in [0.717, 1.165) is 5.56 Å². The predicted octanol–water partition coefficient (Wildman–Crippen LogP) is 2.79. The highest BCUT2D eigenvalue weighted by Crippen LogP contribution is 2.45. The zero-order valence-electron chi connectivity index (χ0n) is 16.7. The van der Waals surface area contributed by atoms with Gasteiger partial charge in [-0.1, -0.05) is 30.3 Å². The van der Waals surface area contributed by atoms with Gasteiger partial charge >= 0.3 is 5.97 Å². The molecular weight excluding hydrogens is 386 g/mol. The SMILES string of the molecule is COc1cc2c(cc1OC)C1=C(C(=O)c3ccccc3)C(CC(=O)O)C(=O)N1CC2. The molecule has 30 heavy (non-hydrogen) atoms. The first kappa shape index (κ1) is 19.7. The molecule has 0 radical (unpaired) electrons. The van der Waals surface area contributed by atoms with Gasteiger partial charge < -0.3 is 19.5 Å². The summed E-state index contributed by atoms with van der Waals surface area (Å²) in [5.41, 5.74) is 2.72. The molecule has 0 fully saturated rings. The van der Waals surface area contributed by atoms with Gasteiger partial charge in [0.25, 0.3) is 0 Å². The molecule has 2 heterocycles. The van der Waals surface area contributed by atoms with E-state index in [1.807, 2.05) is 6.07 Å². The van der Waals surface area contributed by atoms with Gasteiger partial charge in [0, 0.05) is 23.2 Å². The highest BCUT2D eigenvalue weighted by atomic mass is 16.5. The van der Waals surface area contributed by atoms with Crippen LogP contribution in [0.3, 0.4) is 0 Å². The molecule has 0 aromatic heterocycles. The Hall–Kier alpha value is -3.61. The summed E-state index contributed by atoms with van der Waals surface area (Å²) >= 11 is 0. The van der Waals surface area contributed by atoms with Crippen LogP contribution in [0.15, 0.2) is 48.0 Å². The summed E-state index contributed by atoms with van der Waals surface area (Å²) < 4.78 is 10.8. The first-order valence-electron chi connectivity index (χ1n) is 9.58. The van der Waals surface area contributed by atoms with Gasteiger partial charge in [-0.2, -0.15) is 0 Å². The van der Waals surface area contributed by atoms with Gasteiger partial charge in [0.05, 0.1) is 32.3 Å². The number of carboxylic acid groups (broad SMARTS) is 1. The number of ether oxygens (including phenoxy) is 2.